The molecule has 1 fully saturated rings. The SMILES string of the molecule is COP(=O)(OC)c1ccc(-c2cc(C(=O)NCc3c4c(c(C)[nH]c3=O)CCCC4)c(C)c(N3CCCCCC3=O)c2)cc1. The van der Waals surface area contributed by atoms with E-state index in [-0.39, 0.29) is 23.9 Å². The highest BCUT2D eigenvalue weighted by molar-refractivity contribution is 7.62. The minimum atomic E-state index is -3.42. The second-order valence-electron chi connectivity index (χ2n) is 11.3. The molecule has 1 aromatic heterocycles. The summed E-state index contributed by atoms with van der Waals surface area (Å²) in [5, 5.41) is 3.43. The number of nitrogens with one attached hydrogen (secondary N) is 2. The number of carbonyl (C=O) groups excluding carboxylic acids is 2. The predicted molar refractivity (Wildman–Crippen MR) is 168 cm³/mol. The van der Waals surface area contributed by atoms with Crippen molar-refractivity contribution in [3.05, 3.63) is 80.3 Å². The summed E-state index contributed by atoms with van der Waals surface area (Å²) < 4.78 is 23.1. The zero-order valence-corrected chi connectivity index (χ0v) is 26.3. The largest absolute Gasteiger partial charge is 0.360 e. The fourth-order valence-corrected chi connectivity index (χ4v) is 7.39. The van der Waals surface area contributed by atoms with Gasteiger partial charge >= 0.3 is 7.60 Å². The van der Waals surface area contributed by atoms with Crippen LogP contribution in [0.1, 0.15) is 76.8 Å². The highest BCUT2D eigenvalue weighted by Gasteiger charge is 2.26. The fourth-order valence-electron chi connectivity index (χ4n) is 6.30. The Morgan fingerprint density at radius 2 is 1.58 bits per heavy atom. The molecule has 10 heteroatoms. The van der Waals surface area contributed by atoms with E-state index in [0.29, 0.717) is 40.6 Å². The van der Waals surface area contributed by atoms with Crippen molar-refractivity contribution >= 4 is 30.4 Å². The first-order valence-corrected chi connectivity index (χ1v) is 16.5. The number of fused-ring (bicyclic) bond motifs is 1. The van der Waals surface area contributed by atoms with Gasteiger partial charge in [-0.2, -0.15) is 0 Å². The van der Waals surface area contributed by atoms with Crippen LogP contribution in [0.25, 0.3) is 11.1 Å². The lowest BCUT2D eigenvalue weighted by atomic mass is 9.88. The summed E-state index contributed by atoms with van der Waals surface area (Å²) in [5.74, 6) is -0.273. The Balaban J connectivity index is 1.53. The molecule has 43 heavy (non-hydrogen) atoms. The normalized spacial score (nSPS) is 15.6. The van der Waals surface area contributed by atoms with E-state index >= 15 is 0 Å². The molecule has 3 aromatic rings. The number of nitrogens with zero attached hydrogens (tertiary/aromatic N) is 1. The average Bonchev–Trinajstić information content (AvgIpc) is 3.24. The number of benzene rings is 2. The molecule has 0 saturated carbocycles. The number of hydrogen-bond donors (Lipinski definition) is 2. The van der Waals surface area contributed by atoms with Crippen LogP contribution in [-0.2, 0) is 37.8 Å². The van der Waals surface area contributed by atoms with E-state index < -0.39 is 7.60 Å². The molecule has 2 N–H and O–H groups in total. The monoisotopic (exact) mass is 605 g/mol. The Labute approximate surface area is 252 Å². The zero-order valence-electron chi connectivity index (χ0n) is 25.4. The van der Waals surface area contributed by atoms with E-state index in [0.717, 1.165) is 67.3 Å². The number of anilines is 1. The Morgan fingerprint density at radius 1 is 0.907 bits per heavy atom. The van der Waals surface area contributed by atoms with Crippen molar-refractivity contribution in [3.8, 4) is 11.1 Å². The molecule has 5 rings (SSSR count). The van der Waals surface area contributed by atoms with Gasteiger partial charge in [0.15, 0.2) is 0 Å². The van der Waals surface area contributed by atoms with E-state index in [2.05, 4.69) is 10.3 Å². The second kappa shape index (κ2) is 13.0. The molecule has 9 nitrogen and oxygen atoms in total. The molecule has 0 radical (unpaired) electrons. The predicted octanol–water partition coefficient (Wildman–Crippen LogP) is 5.49. The number of H-pyrrole nitrogens is 1. The van der Waals surface area contributed by atoms with Gasteiger partial charge in [0.05, 0.1) is 5.30 Å². The molecule has 0 unspecified atom stereocenters. The van der Waals surface area contributed by atoms with Crippen LogP contribution >= 0.6 is 7.60 Å². The van der Waals surface area contributed by atoms with Crippen LogP contribution < -0.4 is 21.1 Å². The topological polar surface area (TPSA) is 118 Å². The summed E-state index contributed by atoms with van der Waals surface area (Å²) in [6.45, 7) is 4.50. The standard InChI is InChI=1S/C33H40N3O6P/c1-21-28(32(38)34-20-29-27-11-8-7-10-26(27)22(2)35-33(29)39)18-24(19-30(21)36-17-9-5-6-12-31(36)37)23-13-15-25(16-14-23)43(40,41-3)42-4/h13-16,18-19H,5-12,17,20H2,1-4H3,(H,34,38)(H,35,39). The van der Waals surface area contributed by atoms with Crippen molar-refractivity contribution in [1.29, 1.82) is 0 Å². The van der Waals surface area contributed by atoms with Gasteiger partial charge in [0.1, 0.15) is 0 Å². The van der Waals surface area contributed by atoms with E-state index in [1.807, 2.05) is 26.0 Å². The van der Waals surface area contributed by atoms with Crippen LogP contribution in [0.3, 0.4) is 0 Å². The van der Waals surface area contributed by atoms with Gasteiger partial charge in [0, 0.05) is 56.2 Å². The molecule has 0 bridgehead atoms. The van der Waals surface area contributed by atoms with Crippen LogP contribution in [0.5, 0.6) is 0 Å². The third kappa shape index (κ3) is 6.26. The highest BCUT2D eigenvalue weighted by atomic mass is 31.2. The fraction of sp³-hybridized carbons (Fsp3) is 0.424. The summed E-state index contributed by atoms with van der Waals surface area (Å²) in [5.41, 5.74) is 6.96. The number of rotatable bonds is 8. The maximum Gasteiger partial charge on any atom is 0.360 e. The summed E-state index contributed by atoms with van der Waals surface area (Å²) >= 11 is 0. The Hall–Kier alpha value is -3.52. The van der Waals surface area contributed by atoms with Crippen LogP contribution in [0.15, 0.2) is 41.2 Å². The Bertz CT molecular complexity index is 1640. The number of aryl methyl sites for hydroxylation is 1. The van der Waals surface area contributed by atoms with Crippen LogP contribution in [0.4, 0.5) is 5.69 Å². The molecule has 1 aliphatic heterocycles. The number of aromatic amines is 1. The maximum absolute atomic E-state index is 13.8. The number of pyridine rings is 1. The minimum Gasteiger partial charge on any atom is -0.348 e. The van der Waals surface area contributed by atoms with Gasteiger partial charge in [-0.1, -0.05) is 18.6 Å². The molecule has 228 valence electrons. The molecule has 1 aliphatic carbocycles. The Morgan fingerprint density at radius 3 is 2.28 bits per heavy atom. The number of amides is 2. The number of hydrogen-bond acceptors (Lipinski definition) is 6. The van der Waals surface area contributed by atoms with Gasteiger partial charge in [-0.25, -0.2) is 0 Å². The molecule has 0 atom stereocenters. The molecule has 1 saturated heterocycles. The van der Waals surface area contributed by atoms with Gasteiger partial charge in [-0.05, 0) is 104 Å². The zero-order chi connectivity index (χ0) is 30.7. The van der Waals surface area contributed by atoms with E-state index in [9.17, 15) is 18.9 Å². The lowest BCUT2D eigenvalue weighted by Crippen LogP contribution is -2.33. The third-order valence-corrected chi connectivity index (χ3v) is 10.7. The van der Waals surface area contributed by atoms with Crippen molar-refractivity contribution in [2.24, 2.45) is 0 Å². The van der Waals surface area contributed by atoms with Crippen LogP contribution in [0.2, 0.25) is 0 Å². The Kier molecular flexibility index (Phi) is 9.35. The maximum atomic E-state index is 13.8. The van der Waals surface area contributed by atoms with Gasteiger partial charge in [-0.3, -0.25) is 18.9 Å². The van der Waals surface area contributed by atoms with Crippen molar-refractivity contribution in [1.82, 2.24) is 10.3 Å². The molecular weight excluding hydrogens is 565 g/mol. The molecule has 2 aliphatic rings. The smallest absolute Gasteiger partial charge is 0.348 e. The molecule has 2 aromatic carbocycles. The van der Waals surface area contributed by atoms with Gasteiger partial charge in [0.2, 0.25) is 5.91 Å². The third-order valence-electron chi connectivity index (χ3n) is 8.77. The summed E-state index contributed by atoms with van der Waals surface area (Å²) in [7, 11) is -0.740. The molecular formula is C33H40N3O6P. The minimum absolute atomic E-state index is 0.0402. The van der Waals surface area contributed by atoms with Crippen LogP contribution in [-0.4, -0.2) is 37.6 Å². The quantitative estimate of drug-likeness (QED) is 0.328. The number of carbonyl (C=O) groups is 2. The second-order valence-corrected chi connectivity index (χ2v) is 13.6. The van der Waals surface area contributed by atoms with Crippen LogP contribution in [0, 0.1) is 13.8 Å². The van der Waals surface area contributed by atoms with Crippen molar-refractivity contribution in [3.63, 3.8) is 0 Å². The van der Waals surface area contributed by atoms with Crippen molar-refractivity contribution in [2.75, 3.05) is 25.7 Å². The van der Waals surface area contributed by atoms with Gasteiger partial charge < -0.3 is 24.2 Å². The first-order valence-electron chi connectivity index (χ1n) is 15.0. The average molecular weight is 606 g/mol. The first kappa shape index (κ1) is 30.9. The number of aromatic nitrogens is 1. The van der Waals surface area contributed by atoms with E-state index in [4.69, 9.17) is 9.05 Å². The lowest BCUT2D eigenvalue weighted by Gasteiger charge is -2.25. The first-order chi connectivity index (χ1) is 20.7. The van der Waals surface area contributed by atoms with Crippen molar-refractivity contribution in [2.45, 2.75) is 71.8 Å². The summed E-state index contributed by atoms with van der Waals surface area (Å²) in [6.07, 6.45) is 7.04. The molecule has 2 amide bonds. The lowest BCUT2D eigenvalue weighted by molar-refractivity contribution is -0.118. The summed E-state index contributed by atoms with van der Waals surface area (Å²) in [4.78, 5) is 44.7. The molecule has 2 heterocycles. The van der Waals surface area contributed by atoms with Gasteiger partial charge in [-0.15, -0.1) is 0 Å². The summed E-state index contributed by atoms with van der Waals surface area (Å²) in [6, 6.07) is 10.7. The van der Waals surface area contributed by atoms with E-state index in [1.165, 1.54) is 19.8 Å². The molecule has 0 spiro atoms. The van der Waals surface area contributed by atoms with Crippen molar-refractivity contribution < 1.29 is 23.2 Å². The van der Waals surface area contributed by atoms with Gasteiger partial charge in [0.25, 0.3) is 11.5 Å². The van der Waals surface area contributed by atoms with E-state index in [1.54, 1.807) is 29.2 Å². The highest BCUT2D eigenvalue weighted by Crippen LogP contribution is 2.45.